The number of aromatic amines is 1. The number of carbonyl (C=O) groups excluding carboxylic acids is 2. The largest absolute Gasteiger partial charge is 0.502 e. The van der Waals surface area contributed by atoms with E-state index in [4.69, 9.17) is 9.47 Å². The molecule has 196 valence electrons. The number of nitrogens with one attached hydrogen (secondary N) is 1. The second-order valence-electron chi connectivity index (χ2n) is 10.2. The minimum absolute atomic E-state index is 0.0136. The predicted octanol–water partition coefficient (Wildman–Crippen LogP) is 3.98. The van der Waals surface area contributed by atoms with Gasteiger partial charge in [-0.05, 0) is 66.1 Å². The molecule has 0 radical (unpaired) electrons. The van der Waals surface area contributed by atoms with E-state index in [1.807, 2.05) is 0 Å². The predicted molar refractivity (Wildman–Crippen MR) is 139 cm³/mol. The van der Waals surface area contributed by atoms with Gasteiger partial charge in [-0.1, -0.05) is 11.3 Å². The van der Waals surface area contributed by atoms with Crippen LogP contribution in [0.15, 0.2) is 46.2 Å². The van der Waals surface area contributed by atoms with Crippen molar-refractivity contribution in [3.8, 4) is 17.2 Å². The number of thioether (sulfide) groups is 1. The zero-order chi connectivity index (χ0) is 26.5. The Morgan fingerprint density at radius 2 is 1.63 bits per heavy atom. The van der Waals surface area contributed by atoms with E-state index in [1.54, 1.807) is 23.9 Å². The van der Waals surface area contributed by atoms with Crippen molar-refractivity contribution in [2.24, 2.45) is 29.6 Å². The van der Waals surface area contributed by atoms with Crippen LogP contribution in [0.4, 0.5) is 10.1 Å². The molecule has 7 atom stereocenters. The van der Waals surface area contributed by atoms with Gasteiger partial charge in [-0.2, -0.15) is 0 Å². The summed E-state index contributed by atoms with van der Waals surface area (Å²) >= 11 is 2.75. The van der Waals surface area contributed by atoms with Crippen molar-refractivity contribution < 1.29 is 28.6 Å². The lowest BCUT2D eigenvalue weighted by Gasteiger charge is -2.43. The summed E-state index contributed by atoms with van der Waals surface area (Å²) in [5.74, 6) is -1.79. The molecular formula is C27H23FN2O6S2. The first-order valence-corrected chi connectivity index (χ1v) is 14.0. The van der Waals surface area contributed by atoms with Crippen LogP contribution >= 0.6 is 23.1 Å². The summed E-state index contributed by atoms with van der Waals surface area (Å²) in [6.45, 7) is 0. The molecule has 3 aromatic rings. The molecule has 38 heavy (non-hydrogen) atoms. The number of ether oxygens (including phenoxy) is 2. The summed E-state index contributed by atoms with van der Waals surface area (Å²) in [4.78, 5) is 44.8. The van der Waals surface area contributed by atoms with Crippen LogP contribution in [-0.4, -0.2) is 41.4 Å². The Morgan fingerprint density at radius 3 is 2.26 bits per heavy atom. The fraction of sp³-hybridized carbons (Fsp3) is 0.370. The van der Waals surface area contributed by atoms with Gasteiger partial charge in [0.2, 0.25) is 17.6 Å². The summed E-state index contributed by atoms with van der Waals surface area (Å²) in [6.07, 6.45) is 0.744. The lowest BCUT2D eigenvalue weighted by molar-refractivity contribution is -0.123. The van der Waals surface area contributed by atoms with Gasteiger partial charge in [0.15, 0.2) is 11.5 Å². The van der Waals surface area contributed by atoms with Crippen LogP contribution in [0.2, 0.25) is 0 Å². The molecule has 3 heterocycles. The van der Waals surface area contributed by atoms with Gasteiger partial charge in [0.05, 0.1) is 36.8 Å². The molecule has 8 nitrogen and oxygen atoms in total. The maximum Gasteiger partial charge on any atom is 0.305 e. The number of halogens is 1. The van der Waals surface area contributed by atoms with Crippen LogP contribution in [-0.2, 0) is 9.59 Å². The van der Waals surface area contributed by atoms with Crippen molar-refractivity contribution in [3.05, 3.63) is 62.3 Å². The van der Waals surface area contributed by atoms with E-state index in [0.717, 1.165) is 33.2 Å². The molecule has 1 saturated heterocycles. The number of anilines is 1. The first-order chi connectivity index (χ1) is 18.3. The first-order valence-electron chi connectivity index (χ1n) is 12.3. The summed E-state index contributed by atoms with van der Waals surface area (Å²) in [6, 6.07) is 8.97. The number of nitrogens with zero attached hydrogens (tertiary/aromatic N) is 1. The van der Waals surface area contributed by atoms with Gasteiger partial charge in [0.1, 0.15) is 5.82 Å². The normalized spacial score (nSPS) is 30.8. The van der Waals surface area contributed by atoms with Crippen molar-refractivity contribution in [2.75, 3.05) is 19.1 Å². The number of carbonyl (C=O) groups is 2. The SMILES string of the molecule is COc1cc([C@H]2c3sc(=O)[nH]c3SC3C4CC(C5C(=O)N(c6ccc(F)cc6)C(=O)C45)C32)cc(OC)c1O. The quantitative estimate of drug-likeness (QED) is 0.470. The molecule has 2 aliphatic heterocycles. The Labute approximate surface area is 224 Å². The van der Waals surface area contributed by atoms with Crippen LogP contribution < -0.4 is 19.2 Å². The third-order valence-electron chi connectivity index (χ3n) is 8.67. The van der Waals surface area contributed by atoms with E-state index in [9.17, 15) is 23.9 Å². The highest BCUT2D eigenvalue weighted by atomic mass is 32.2. The molecule has 2 amide bonds. The molecule has 6 unspecified atom stereocenters. The minimum atomic E-state index is -0.472. The van der Waals surface area contributed by atoms with Gasteiger partial charge < -0.3 is 19.6 Å². The molecule has 7 rings (SSSR count). The van der Waals surface area contributed by atoms with Crippen LogP contribution in [0.5, 0.6) is 17.2 Å². The number of phenolic OH excluding ortho intramolecular Hbond substituents is 1. The van der Waals surface area contributed by atoms with E-state index < -0.39 is 17.7 Å². The standard InChI is InChI=1S/C27H23FN2O6S2/c1-35-15-7-10(8-16(36-2)21(15)31)17-18-13-9-14(22(18)37-24-23(17)38-27(34)29-24)20-19(13)25(32)30(26(20)33)12-5-3-11(28)4-6-12/h3-8,13-14,17-20,22,31H,9H2,1-2H3,(H,29,34)/t13?,14?,17-,18?,19?,20?,22?/m1/s1. The van der Waals surface area contributed by atoms with Crippen molar-refractivity contribution in [1.82, 2.24) is 4.98 Å². The number of hydrogen-bond donors (Lipinski definition) is 2. The molecule has 2 aliphatic carbocycles. The molecular weight excluding hydrogens is 531 g/mol. The Bertz CT molecular complexity index is 1530. The Morgan fingerprint density at radius 1 is 1.00 bits per heavy atom. The van der Waals surface area contributed by atoms with E-state index in [0.29, 0.717) is 5.69 Å². The number of fused-ring (bicyclic) bond motifs is 9. The maximum atomic E-state index is 13.8. The zero-order valence-corrected chi connectivity index (χ0v) is 22.0. The van der Waals surface area contributed by atoms with Gasteiger partial charge in [-0.25, -0.2) is 4.39 Å². The number of imide groups is 1. The molecule has 2 bridgehead atoms. The Hall–Kier alpha value is -3.31. The highest BCUT2D eigenvalue weighted by Crippen LogP contribution is 2.69. The lowest BCUT2D eigenvalue weighted by Crippen LogP contribution is -2.42. The molecule has 2 saturated carbocycles. The number of hydrogen-bond acceptors (Lipinski definition) is 8. The fourth-order valence-corrected chi connectivity index (χ4v) is 10.2. The number of methoxy groups -OCH3 is 2. The first kappa shape index (κ1) is 23.8. The van der Waals surface area contributed by atoms with Gasteiger partial charge in [-0.3, -0.25) is 19.3 Å². The minimum Gasteiger partial charge on any atom is -0.502 e. The number of aromatic hydroxyl groups is 1. The number of phenols is 1. The third-order valence-corrected chi connectivity index (χ3v) is 11.3. The highest BCUT2D eigenvalue weighted by Gasteiger charge is 2.69. The summed E-state index contributed by atoms with van der Waals surface area (Å²) < 4.78 is 24.4. The molecule has 1 aromatic heterocycles. The van der Waals surface area contributed by atoms with Gasteiger partial charge >= 0.3 is 4.87 Å². The average molecular weight is 555 g/mol. The molecule has 4 aliphatic rings. The van der Waals surface area contributed by atoms with Crippen molar-refractivity contribution >= 4 is 40.6 Å². The van der Waals surface area contributed by atoms with E-state index in [-0.39, 0.29) is 62.9 Å². The summed E-state index contributed by atoms with van der Waals surface area (Å²) in [5.41, 5.74) is 1.21. The van der Waals surface area contributed by atoms with Crippen LogP contribution in [0.1, 0.15) is 22.8 Å². The fourth-order valence-electron chi connectivity index (χ4n) is 7.33. The second kappa shape index (κ2) is 8.34. The monoisotopic (exact) mass is 554 g/mol. The highest BCUT2D eigenvalue weighted by molar-refractivity contribution is 8.00. The van der Waals surface area contributed by atoms with E-state index in [2.05, 4.69) is 4.98 Å². The Kier molecular flexibility index (Phi) is 5.22. The Balaban J connectivity index is 1.34. The molecule has 2 N–H and O–H groups in total. The van der Waals surface area contributed by atoms with Crippen molar-refractivity contribution in [2.45, 2.75) is 22.6 Å². The van der Waals surface area contributed by atoms with E-state index in [1.165, 1.54) is 43.4 Å². The molecule has 3 fully saturated rings. The van der Waals surface area contributed by atoms with Crippen molar-refractivity contribution in [3.63, 3.8) is 0 Å². The summed E-state index contributed by atoms with van der Waals surface area (Å²) in [7, 11) is 2.93. The molecule has 2 aromatic carbocycles. The third kappa shape index (κ3) is 3.11. The van der Waals surface area contributed by atoms with Gasteiger partial charge in [0.25, 0.3) is 0 Å². The molecule has 11 heteroatoms. The van der Waals surface area contributed by atoms with E-state index >= 15 is 0 Å². The van der Waals surface area contributed by atoms with Crippen LogP contribution in [0.3, 0.4) is 0 Å². The molecule has 0 spiro atoms. The number of thiazole rings is 1. The average Bonchev–Trinajstić information content (AvgIpc) is 3.64. The second-order valence-corrected chi connectivity index (χ2v) is 12.4. The van der Waals surface area contributed by atoms with Crippen LogP contribution in [0, 0.1) is 35.4 Å². The van der Waals surface area contributed by atoms with Gasteiger partial charge in [0, 0.05) is 16.0 Å². The topological polar surface area (TPSA) is 109 Å². The lowest BCUT2D eigenvalue weighted by atomic mass is 9.68. The number of rotatable bonds is 4. The smallest absolute Gasteiger partial charge is 0.305 e. The van der Waals surface area contributed by atoms with Crippen LogP contribution in [0.25, 0.3) is 0 Å². The number of benzene rings is 2. The van der Waals surface area contributed by atoms with Crippen molar-refractivity contribution in [1.29, 1.82) is 0 Å². The number of H-pyrrole nitrogens is 1. The zero-order valence-electron chi connectivity index (χ0n) is 20.3. The number of aromatic nitrogens is 1. The number of amides is 2. The van der Waals surface area contributed by atoms with Gasteiger partial charge in [-0.15, -0.1) is 11.8 Å². The maximum absolute atomic E-state index is 13.8. The summed E-state index contributed by atoms with van der Waals surface area (Å²) in [5, 5.41) is 11.3.